The molecule has 144 valence electrons. The highest BCUT2D eigenvalue weighted by atomic mass is 16.5. The summed E-state index contributed by atoms with van der Waals surface area (Å²) >= 11 is 0. The second-order valence-electron chi connectivity index (χ2n) is 7.07. The summed E-state index contributed by atoms with van der Waals surface area (Å²) in [5, 5.41) is 7.76. The van der Waals surface area contributed by atoms with Crippen molar-refractivity contribution in [2.45, 2.75) is 38.5 Å². The Morgan fingerprint density at radius 2 is 2.26 bits per heavy atom. The summed E-state index contributed by atoms with van der Waals surface area (Å²) in [6.07, 6.45) is 3.15. The number of aromatic nitrogens is 2. The van der Waals surface area contributed by atoms with E-state index in [2.05, 4.69) is 11.4 Å². The first-order chi connectivity index (χ1) is 13.2. The maximum atomic E-state index is 12.6. The van der Waals surface area contributed by atoms with E-state index in [0.717, 1.165) is 61.7 Å². The van der Waals surface area contributed by atoms with Crippen LogP contribution in [0.15, 0.2) is 30.3 Å². The van der Waals surface area contributed by atoms with Gasteiger partial charge in [-0.15, -0.1) is 0 Å². The average molecular weight is 370 g/mol. The number of nitrogens with one attached hydrogen (secondary N) is 1. The summed E-state index contributed by atoms with van der Waals surface area (Å²) in [4.78, 5) is 14.5. The zero-order valence-electron chi connectivity index (χ0n) is 15.7. The molecule has 4 rings (SSSR count). The molecule has 2 aliphatic rings. The van der Waals surface area contributed by atoms with E-state index in [1.54, 1.807) is 7.11 Å². The van der Waals surface area contributed by atoms with Crippen LogP contribution in [-0.4, -0.2) is 53.6 Å². The third-order valence-corrected chi connectivity index (χ3v) is 5.17. The molecule has 27 heavy (non-hydrogen) atoms. The molecular formula is C20H26N4O3. The van der Waals surface area contributed by atoms with Crippen LogP contribution in [0.5, 0.6) is 5.75 Å². The van der Waals surface area contributed by atoms with Crippen molar-refractivity contribution in [2.75, 3.05) is 26.8 Å². The zero-order chi connectivity index (χ0) is 18.6. The van der Waals surface area contributed by atoms with Gasteiger partial charge in [0.1, 0.15) is 5.75 Å². The Labute approximate surface area is 159 Å². The van der Waals surface area contributed by atoms with E-state index in [0.29, 0.717) is 13.1 Å². The monoisotopic (exact) mass is 370 g/mol. The van der Waals surface area contributed by atoms with E-state index < -0.39 is 0 Å². The molecule has 0 spiro atoms. The molecule has 2 amide bonds. The van der Waals surface area contributed by atoms with Crippen LogP contribution in [-0.2, 0) is 17.8 Å². The Hall–Kier alpha value is -2.54. The van der Waals surface area contributed by atoms with Gasteiger partial charge >= 0.3 is 6.03 Å². The third-order valence-electron chi connectivity index (χ3n) is 5.17. The molecule has 0 saturated carbocycles. The van der Waals surface area contributed by atoms with Crippen LogP contribution in [0.4, 0.5) is 4.79 Å². The smallest absolute Gasteiger partial charge is 0.317 e. The number of aryl methyl sites for hydroxylation is 1. The number of hydrogen-bond donors (Lipinski definition) is 1. The van der Waals surface area contributed by atoms with Gasteiger partial charge in [-0.3, -0.25) is 4.68 Å². The molecule has 0 radical (unpaired) electrons. The van der Waals surface area contributed by atoms with Crippen LogP contribution in [0, 0.1) is 0 Å². The Bertz CT molecular complexity index is 798. The average Bonchev–Trinajstić information content (AvgIpc) is 3.32. The fraction of sp³-hybridized carbons (Fsp3) is 0.500. The minimum atomic E-state index is -0.0249. The van der Waals surface area contributed by atoms with E-state index in [-0.39, 0.29) is 12.1 Å². The van der Waals surface area contributed by atoms with Crippen LogP contribution in [0.25, 0.3) is 11.3 Å². The normalized spacial score (nSPS) is 19.4. The lowest BCUT2D eigenvalue weighted by atomic mass is 10.1. The zero-order valence-corrected chi connectivity index (χ0v) is 15.7. The lowest BCUT2D eigenvalue weighted by Crippen LogP contribution is -2.42. The highest BCUT2D eigenvalue weighted by Crippen LogP contribution is 2.25. The minimum absolute atomic E-state index is 0.0249. The molecule has 2 aromatic rings. The predicted octanol–water partition coefficient (Wildman–Crippen LogP) is 2.65. The van der Waals surface area contributed by atoms with Crippen molar-refractivity contribution in [1.29, 1.82) is 0 Å². The van der Waals surface area contributed by atoms with E-state index in [1.807, 2.05) is 33.8 Å². The first-order valence-corrected chi connectivity index (χ1v) is 9.58. The molecule has 0 bridgehead atoms. The fourth-order valence-corrected chi connectivity index (χ4v) is 3.68. The van der Waals surface area contributed by atoms with Crippen molar-refractivity contribution in [2.24, 2.45) is 0 Å². The van der Waals surface area contributed by atoms with E-state index >= 15 is 0 Å². The summed E-state index contributed by atoms with van der Waals surface area (Å²) < 4.78 is 12.9. The molecule has 1 aromatic carbocycles. The molecule has 1 N–H and O–H groups in total. The number of fused-ring (bicyclic) bond motifs is 1. The second-order valence-corrected chi connectivity index (χ2v) is 7.07. The van der Waals surface area contributed by atoms with Crippen molar-refractivity contribution in [3.63, 3.8) is 0 Å². The van der Waals surface area contributed by atoms with Crippen LogP contribution in [0.1, 0.15) is 25.0 Å². The van der Waals surface area contributed by atoms with E-state index in [9.17, 15) is 4.79 Å². The van der Waals surface area contributed by atoms with Gasteiger partial charge in [0, 0.05) is 31.8 Å². The Balaban J connectivity index is 1.45. The van der Waals surface area contributed by atoms with Crippen molar-refractivity contribution < 1.29 is 14.3 Å². The predicted molar refractivity (Wildman–Crippen MR) is 102 cm³/mol. The van der Waals surface area contributed by atoms with Gasteiger partial charge in [0.2, 0.25) is 0 Å². The number of carbonyl (C=O) groups is 1. The fourth-order valence-electron chi connectivity index (χ4n) is 3.68. The first kappa shape index (κ1) is 17.9. The maximum Gasteiger partial charge on any atom is 0.317 e. The molecule has 7 heteroatoms. The van der Waals surface area contributed by atoms with Gasteiger partial charge in [0.15, 0.2) is 0 Å². The number of hydrogen-bond acceptors (Lipinski definition) is 4. The molecule has 1 aromatic heterocycles. The van der Waals surface area contributed by atoms with Crippen LogP contribution in [0.2, 0.25) is 0 Å². The lowest BCUT2D eigenvalue weighted by molar-refractivity contribution is 0.108. The summed E-state index contributed by atoms with van der Waals surface area (Å²) in [7, 11) is 1.66. The Morgan fingerprint density at radius 1 is 1.33 bits per heavy atom. The molecule has 7 nitrogen and oxygen atoms in total. The van der Waals surface area contributed by atoms with Gasteiger partial charge in [-0.05, 0) is 37.5 Å². The van der Waals surface area contributed by atoms with Crippen LogP contribution in [0.3, 0.4) is 0 Å². The number of nitrogens with zero attached hydrogens (tertiary/aromatic N) is 3. The van der Waals surface area contributed by atoms with Crippen molar-refractivity contribution in [3.05, 3.63) is 36.0 Å². The highest BCUT2D eigenvalue weighted by molar-refractivity contribution is 5.74. The molecule has 1 saturated heterocycles. The molecule has 2 aliphatic heterocycles. The number of amides is 2. The van der Waals surface area contributed by atoms with Gasteiger partial charge < -0.3 is 19.7 Å². The Morgan fingerprint density at radius 3 is 3.07 bits per heavy atom. The van der Waals surface area contributed by atoms with E-state index in [4.69, 9.17) is 14.6 Å². The number of benzene rings is 1. The van der Waals surface area contributed by atoms with E-state index in [1.165, 1.54) is 0 Å². The van der Waals surface area contributed by atoms with Crippen molar-refractivity contribution >= 4 is 6.03 Å². The number of methoxy groups -OCH3 is 1. The molecule has 1 unspecified atom stereocenters. The quantitative estimate of drug-likeness (QED) is 0.898. The molecule has 1 fully saturated rings. The summed E-state index contributed by atoms with van der Waals surface area (Å²) in [6, 6.07) is 9.93. The van der Waals surface area contributed by atoms with Gasteiger partial charge in [-0.1, -0.05) is 12.1 Å². The summed E-state index contributed by atoms with van der Waals surface area (Å²) in [5.41, 5.74) is 2.98. The lowest BCUT2D eigenvalue weighted by Gasteiger charge is -2.21. The topological polar surface area (TPSA) is 68.6 Å². The molecule has 1 atom stereocenters. The van der Waals surface area contributed by atoms with Crippen LogP contribution >= 0.6 is 0 Å². The van der Waals surface area contributed by atoms with Crippen molar-refractivity contribution in [1.82, 2.24) is 20.0 Å². The third kappa shape index (κ3) is 4.08. The van der Waals surface area contributed by atoms with Gasteiger partial charge in [0.05, 0.1) is 31.1 Å². The number of urea groups is 1. The standard InChI is InChI=1S/C20H26N4O3/c1-26-17-6-2-5-15(11-17)19-12-16-14-23(8-4-9-24(16)22-19)20(25)21-13-18-7-3-10-27-18/h2,5-6,11-12,18H,3-4,7-10,13-14H2,1H3,(H,21,25). The Kier molecular flexibility index (Phi) is 5.29. The van der Waals surface area contributed by atoms with Crippen molar-refractivity contribution in [3.8, 4) is 17.0 Å². The van der Waals surface area contributed by atoms with Crippen LogP contribution < -0.4 is 10.1 Å². The number of carbonyl (C=O) groups excluding carboxylic acids is 1. The highest BCUT2D eigenvalue weighted by Gasteiger charge is 2.23. The summed E-state index contributed by atoms with van der Waals surface area (Å²) in [6.45, 7) is 3.50. The van der Waals surface area contributed by atoms with Gasteiger partial charge in [-0.2, -0.15) is 5.10 Å². The van der Waals surface area contributed by atoms with Gasteiger partial charge in [0.25, 0.3) is 0 Å². The maximum absolute atomic E-state index is 12.6. The van der Waals surface area contributed by atoms with Gasteiger partial charge in [-0.25, -0.2) is 4.79 Å². The number of ether oxygens (including phenoxy) is 2. The second kappa shape index (κ2) is 8.00. The first-order valence-electron chi connectivity index (χ1n) is 9.58. The largest absolute Gasteiger partial charge is 0.497 e. The molecule has 0 aliphatic carbocycles. The minimum Gasteiger partial charge on any atom is -0.497 e. The number of rotatable bonds is 4. The SMILES string of the molecule is COc1cccc(-c2cc3n(n2)CCCN(C(=O)NCC2CCCO2)C3)c1. The molecule has 3 heterocycles. The summed E-state index contributed by atoms with van der Waals surface area (Å²) in [5.74, 6) is 0.811. The molecular weight excluding hydrogens is 344 g/mol.